The number of hydrogen-bond donors (Lipinski definition) is 3. The van der Waals surface area contributed by atoms with Crippen LogP contribution in [0.25, 0.3) is 22.0 Å². The van der Waals surface area contributed by atoms with E-state index in [0.29, 0.717) is 27.2 Å². The Kier molecular flexibility index (Phi) is 10.1. The highest BCUT2D eigenvalue weighted by Crippen LogP contribution is 2.68. The third kappa shape index (κ3) is 7.74. The van der Waals surface area contributed by atoms with Crippen molar-refractivity contribution >= 4 is 40.1 Å². The van der Waals surface area contributed by atoms with Crippen molar-refractivity contribution in [1.82, 2.24) is 29.9 Å². The van der Waals surface area contributed by atoms with Gasteiger partial charge in [0.2, 0.25) is 11.8 Å². The molecule has 2 aliphatic carbocycles. The number of rotatable bonds is 9. The van der Waals surface area contributed by atoms with Crippen LogP contribution in [-0.2, 0) is 41.7 Å². The SMILES string of the molecule is CC(C)C(=O)Nc1nn(C)c2c(-c3ccc(C#CC(C)(C)O)nc3[C@H](Cc3cc(F)cc(F)c3)NC(=O)Cn3nc(C(F)(F)F)c4c3C(F)(F)[C@@H]3C[C@H]43)ccc(Cl)c12. The van der Waals surface area contributed by atoms with Gasteiger partial charge in [0.1, 0.15) is 35.2 Å². The second-order valence-corrected chi connectivity index (χ2v) is 15.7. The molecule has 1 fully saturated rings. The first kappa shape index (κ1) is 40.7. The van der Waals surface area contributed by atoms with Gasteiger partial charge in [-0.3, -0.25) is 19.0 Å². The van der Waals surface area contributed by atoms with E-state index in [1.165, 1.54) is 30.7 Å². The Morgan fingerprint density at radius 2 is 1.72 bits per heavy atom. The van der Waals surface area contributed by atoms with Crippen molar-refractivity contribution < 1.29 is 45.4 Å². The van der Waals surface area contributed by atoms with Crippen LogP contribution >= 0.6 is 11.6 Å². The van der Waals surface area contributed by atoms with E-state index < -0.39 is 82.5 Å². The third-order valence-electron chi connectivity index (χ3n) is 9.94. The number of benzene rings is 2. The largest absolute Gasteiger partial charge is 0.435 e. The molecule has 0 aliphatic heterocycles. The normalized spacial score (nSPS) is 17.4. The van der Waals surface area contributed by atoms with Crippen molar-refractivity contribution in [3.05, 3.63) is 93.0 Å². The number of hydrogen-bond acceptors (Lipinski definition) is 6. The van der Waals surface area contributed by atoms with Crippen molar-refractivity contribution in [3.63, 3.8) is 0 Å². The first-order valence-corrected chi connectivity index (χ1v) is 18.4. The summed E-state index contributed by atoms with van der Waals surface area (Å²) in [5, 5.41) is 24.2. The highest BCUT2D eigenvalue weighted by molar-refractivity contribution is 6.37. The summed E-state index contributed by atoms with van der Waals surface area (Å²) in [6.45, 7) is 5.18. The molecular formula is C40H35ClF7N7O3. The third-order valence-corrected chi connectivity index (χ3v) is 10.3. The summed E-state index contributed by atoms with van der Waals surface area (Å²) in [6.07, 6.45) is -5.58. The minimum Gasteiger partial charge on any atom is -0.378 e. The number of aliphatic hydroxyl groups is 1. The molecule has 3 atom stereocenters. The number of anilines is 1. The van der Waals surface area contributed by atoms with E-state index in [1.54, 1.807) is 33.0 Å². The number of aromatic nitrogens is 5. The number of amides is 2. The first-order chi connectivity index (χ1) is 27.0. The van der Waals surface area contributed by atoms with E-state index in [-0.39, 0.29) is 52.1 Å². The summed E-state index contributed by atoms with van der Waals surface area (Å²) in [6, 6.07) is 7.53. The van der Waals surface area contributed by atoms with E-state index in [9.17, 15) is 36.6 Å². The molecule has 58 heavy (non-hydrogen) atoms. The lowest BCUT2D eigenvalue weighted by Crippen LogP contribution is -2.35. The Balaban J connectivity index is 1.38. The molecule has 2 aliphatic rings. The minimum absolute atomic E-state index is 0.0198. The fourth-order valence-corrected chi connectivity index (χ4v) is 7.59. The highest BCUT2D eigenvalue weighted by Gasteiger charge is 2.68. The van der Waals surface area contributed by atoms with Gasteiger partial charge in [0.05, 0.1) is 27.7 Å². The maximum absolute atomic E-state index is 15.4. The first-order valence-electron chi connectivity index (χ1n) is 18.1. The van der Waals surface area contributed by atoms with Crippen molar-refractivity contribution in [2.45, 2.75) is 76.7 Å². The maximum atomic E-state index is 15.4. The molecule has 2 amide bonds. The van der Waals surface area contributed by atoms with Gasteiger partial charge in [-0.05, 0) is 74.4 Å². The standard InChI is InChI=1S/C40H35ClF7N7O3/c1-18(2)37(57)51-36-31-27(41)9-8-24(33(31)54(5)53-36)23-7-6-22(10-11-38(3,4)58)49-32(23)28(14-19-12-20(42)15-21(43)13-19)50-29(56)17-55-35-30(34(52-55)40(46,47)48)25-16-26(25)39(35,44)45/h6-9,12-13,15,18,25-26,28,58H,14,16-17H2,1-5H3,(H,50,56)(H,51,53,57)/t25-,26+,28-/m0/s1. The van der Waals surface area contributed by atoms with Gasteiger partial charge in [-0.15, -0.1) is 0 Å². The van der Waals surface area contributed by atoms with Crippen LogP contribution in [-0.4, -0.2) is 47.1 Å². The molecule has 3 heterocycles. The minimum atomic E-state index is -5.07. The second kappa shape index (κ2) is 14.4. The summed E-state index contributed by atoms with van der Waals surface area (Å²) in [7, 11) is 1.59. The van der Waals surface area contributed by atoms with Gasteiger partial charge < -0.3 is 15.7 Å². The predicted molar refractivity (Wildman–Crippen MR) is 199 cm³/mol. The molecule has 2 aromatic carbocycles. The molecule has 5 aromatic rings. The molecule has 0 spiro atoms. The average molecular weight is 830 g/mol. The van der Waals surface area contributed by atoms with Crippen LogP contribution in [0.3, 0.4) is 0 Å². The summed E-state index contributed by atoms with van der Waals surface area (Å²) in [5.41, 5.74) is -3.38. The predicted octanol–water partition coefficient (Wildman–Crippen LogP) is 7.81. The van der Waals surface area contributed by atoms with Gasteiger partial charge in [0.15, 0.2) is 11.5 Å². The number of nitrogens with one attached hydrogen (secondary N) is 2. The van der Waals surface area contributed by atoms with Crippen molar-refractivity contribution in [2.24, 2.45) is 18.9 Å². The van der Waals surface area contributed by atoms with Gasteiger partial charge in [-0.1, -0.05) is 37.4 Å². The van der Waals surface area contributed by atoms with E-state index in [4.69, 9.17) is 16.6 Å². The molecule has 10 nitrogen and oxygen atoms in total. The summed E-state index contributed by atoms with van der Waals surface area (Å²) >= 11 is 6.67. The zero-order chi connectivity index (χ0) is 42.2. The molecule has 3 aromatic heterocycles. The molecule has 0 radical (unpaired) electrons. The molecule has 18 heteroatoms. The van der Waals surface area contributed by atoms with Gasteiger partial charge in [-0.2, -0.15) is 32.1 Å². The number of carbonyl (C=O) groups is 2. The molecule has 7 rings (SSSR count). The van der Waals surface area contributed by atoms with Gasteiger partial charge in [-0.25, -0.2) is 13.8 Å². The van der Waals surface area contributed by atoms with E-state index >= 15 is 8.78 Å². The molecule has 0 saturated heterocycles. The van der Waals surface area contributed by atoms with E-state index in [1.807, 2.05) is 0 Å². The number of pyridine rings is 1. The number of aryl methyl sites for hydroxylation is 1. The topological polar surface area (TPSA) is 127 Å². The molecule has 304 valence electrons. The van der Waals surface area contributed by atoms with Crippen LogP contribution in [0.1, 0.15) is 80.0 Å². The van der Waals surface area contributed by atoms with E-state index in [2.05, 4.69) is 32.7 Å². The number of carbonyl (C=O) groups excluding carboxylic acids is 2. The summed E-state index contributed by atoms with van der Waals surface area (Å²) in [4.78, 5) is 31.4. The Labute approximate surface area is 331 Å². The summed E-state index contributed by atoms with van der Waals surface area (Å²) in [5.74, 6) is -4.24. The number of nitrogens with zero attached hydrogens (tertiary/aromatic N) is 5. The number of alkyl halides is 5. The zero-order valence-corrected chi connectivity index (χ0v) is 32.3. The molecule has 1 saturated carbocycles. The molecule has 0 unspecified atom stereocenters. The zero-order valence-electron chi connectivity index (χ0n) is 31.5. The van der Waals surface area contributed by atoms with Crippen LogP contribution in [0.4, 0.5) is 36.6 Å². The Bertz CT molecular complexity index is 2550. The van der Waals surface area contributed by atoms with E-state index in [0.717, 1.165) is 12.1 Å². The van der Waals surface area contributed by atoms with Crippen LogP contribution < -0.4 is 10.6 Å². The summed E-state index contributed by atoms with van der Waals surface area (Å²) < 4.78 is 104. The van der Waals surface area contributed by atoms with Crippen LogP contribution in [0.15, 0.2) is 42.5 Å². The smallest absolute Gasteiger partial charge is 0.378 e. The lowest BCUT2D eigenvalue weighted by atomic mass is 9.93. The van der Waals surface area contributed by atoms with Crippen molar-refractivity contribution in [2.75, 3.05) is 5.32 Å². The van der Waals surface area contributed by atoms with Crippen LogP contribution in [0, 0.1) is 35.3 Å². The molecule has 3 N–H and O–H groups in total. The van der Waals surface area contributed by atoms with Gasteiger partial charge in [0.25, 0.3) is 5.92 Å². The number of fused-ring (bicyclic) bond motifs is 4. The quantitative estimate of drug-likeness (QED) is 0.103. The fraction of sp³-hybridized carbons (Fsp3) is 0.375. The van der Waals surface area contributed by atoms with Crippen LogP contribution in [0.5, 0.6) is 0 Å². The van der Waals surface area contributed by atoms with Gasteiger partial charge in [0, 0.05) is 41.6 Å². The average Bonchev–Trinajstić information content (AvgIpc) is 3.64. The maximum Gasteiger partial charge on any atom is 0.435 e. The Morgan fingerprint density at radius 3 is 2.36 bits per heavy atom. The fourth-order valence-electron chi connectivity index (χ4n) is 7.35. The van der Waals surface area contributed by atoms with Crippen molar-refractivity contribution in [1.29, 1.82) is 0 Å². The lowest BCUT2D eigenvalue weighted by molar-refractivity contribution is -0.142. The molecule has 0 bridgehead atoms. The van der Waals surface area contributed by atoms with Crippen LogP contribution in [0.2, 0.25) is 5.02 Å². The van der Waals surface area contributed by atoms with Gasteiger partial charge >= 0.3 is 6.18 Å². The Hall–Kier alpha value is -5.47. The highest BCUT2D eigenvalue weighted by atomic mass is 35.5. The Morgan fingerprint density at radius 1 is 1.05 bits per heavy atom. The number of halogens is 8. The van der Waals surface area contributed by atoms with Crippen molar-refractivity contribution in [3.8, 4) is 23.0 Å². The monoisotopic (exact) mass is 829 g/mol. The molecular weight excluding hydrogens is 795 g/mol. The second-order valence-electron chi connectivity index (χ2n) is 15.3. The lowest BCUT2D eigenvalue weighted by Gasteiger charge is -2.23.